The molecule has 0 bridgehead atoms. The molecule has 0 saturated heterocycles. The summed E-state index contributed by atoms with van der Waals surface area (Å²) in [6, 6.07) is 6.58. The largest absolute Gasteiger partial charge is 0.366 e. The molecule has 0 spiro atoms. The Labute approximate surface area is 119 Å². The average Bonchev–Trinajstić information content (AvgIpc) is 2.47. The monoisotopic (exact) mass is 274 g/mol. The van der Waals surface area contributed by atoms with Gasteiger partial charge in [0, 0.05) is 29.9 Å². The fourth-order valence-corrected chi connectivity index (χ4v) is 3.79. The lowest BCUT2D eigenvalue weighted by molar-refractivity contribution is -0.384. The van der Waals surface area contributed by atoms with Crippen molar-refractivity contribution in [1.82, 2.24) is 0 Å². The molecule has 20 heavy (non-hydrogen) atoms. The third-order valence-electron chi connectivity index (χ3n) is 4.83. The quantitative estimate of drug-likeness (QED) is 0.603. The first-order chi connectivity index (χ1) is 9.66. The van der Waals surface area contributed by atoms with Crippen molar-refractivity contribution in [2.24, 2.45) is 0 Å². The summed E-state index contributed by atoms with van der Waals surface area (Å²) in [6.07, 6.45) is 8.58. The fraction of sp³-hybridized carbons (Fsp3) is 0.625. The van der Waals surface area contributed by atoms with Crippen molar-refractivity contribution in [3.05, 3.63) is 33.9 Å². The first-order valence-corrected chi connectivity index (χ1v) is 7.72. The van der Waals surface area contributed by atoms with Crippen LogP contribution in [0.15, 0.2) is 18.2 Å². The topological polar surface area (TPSA) is 46.4 Å². The van der Waals surface area contributed by atoms with E-state index < -0.39 is 0 Å². The summed E-state index contributed by atoms with van der Waals surface area (Å²) in [4.78, 5) is 13.2. The third kappa shape index (κ3) is 2.39. The molecule has 2 aliphatic rings. The Kier molecular flexibility index (Phi) is 3.64. The summed E-state index contributed by atoms with van der Waals surface area (Å²) >= 11 is 0. The van der Waals surface area contributed by atoms with Crippen LogP contribution in [-0.2, 0) is 6.42 Å². The minimum Gasteiger partial charge on any atom is -0.366 e. The Morgan fingerprint density at radius 3 is 2.65 bits per heavy atom. The SMILES string of the molecule is C[C@@H]1CCc2cc([N+](=O)[O-])ccc2N1C1CCCCC1. The summed E-state index contributed by atoms with van der Waals surface area (Å²) in [7, 11) is 0. The number of hydrogen-bond acceptors (Lipinski definition) is 3. The molecule has 0 radical (unpaired) electrons. The molecule has 0 amide bonds. The molecular formula is C16H22N2O2. The second-order valence-electron chi connectivity index (χ2n) is 6.16. The Morgan fingerprint density at radius 1 is 1.20 bits per heavy atom. The number of nitrogens with zero attached hydrogens (tertiary/aromatic N) is 2. The number of fused-ring (bicyclic) bond motifs is 1. The zero-order valence-electron chi connectivity index (χ0n) is 12.0. The first kappa shape index (κ1) is 13.4. The number of anilines is 1. The molecule has 0 unspecified atom stereocenters. The van der Waals surface area contributed by atoms with E-state index in [1.165, 1.54) is 37.8 Å². The molecule has 1 fully saturated rings. The summed E-state index contributed by atoms with van der Waals surface area (Å²) < 4.78 is 0. The zero-order chi connectivity index (χ0) is 14.1. The number of aryl methyl sites for hydroxylation is 1. The van der Waals surface area contributed by atoms with Gasteiger partial charge in [-0.25, -0.2) is 0 Å². The number of non-ortho nitro benzene ring substituents is 1. The maximum Gasteiger partial charge on any atom is 0.269 e. The Balaban J connectivity index is 1.94. The van der Waals surface area contributed by atoms with Crippen LogP contribution >= 0.6 is 0 Å². The van der Waals surface area contributed by atoms with E-state index in [4.69, 9.17) is 0 Å². The minimum absolute atomic E-state index is 0.224. The number of rotatable bonds is 2. The van der Waals surface area contributed by atoms with Crippen molar-refractivity contribution >= 4 is 11.4 Å². The Morgan fingerprint density at radius 2 is 1.95 bits per heavy atom. The van der Waals surface area contributed by atoms with Crippen molar-refractivity contribution < 1.29 is 4.92 Å². The molecule has 4 heteroatoms. The van der Waals surface area contributed by atoms with Gasteiger partial charge in [-0.3, -0.25) is 10.1 Å². The zero-order valence-corrected chi connectivity index (χ0v) is 12.0. The van der Waals surface area contributed by atoms with E-state index in [1.807, 2.05) is 6.07 Å². The van der Waals surface area contributed by atoms with E-state index in [0.717, 1.165) is 18.4 Å². The van der Waals surface area contributed by atoms with E-state index in [0.29, 0.717) is 12.1 Å². The van der Waals surface area contributed by atoms with Crippen LogP contribution in [0.2, 0.25) is 0 Å². The van der Waals surface area contributed by atoms with Gasteiger partial charge in [0.2, 0.25) is 0 Å². The lowest BCUT2D eigenvalue weighted by Crippen LogP contribution is -2.45. The van der Waals surface area contributed by atoms with Gasteiger partial charge in [-0.1, -0.05) is 19.3 Å². The van der Waals surface area contributed by atoms with Crippen molar-refractivity contribution in [3.8, 4) is 0 Å². The van der Waals surface area contributed by atoms with Crippen LogP contribution in [0.1, 0.15) is 51.0 Å². The number of benzene rings is 1. The van der Waals surface area contributed by atoms with Gasteiger partial charge in [0.1, 0.15) is 0 Å². The second kappa shape index (κ2) is 5.43. The molecule has 1 aromatic rings. The van der Waals surface area contributed by atoms with Crippen molar-refractivity contribution in [1.29, 1.82) is 0 Å². The van der Waals surface area contributed by atoms with Crippen LogP contribution in [0, 0.1) is 10.1 Å². The van der Waals surface area contributed by atoms with Gasteiger partial charge >= 0.3 is 0 Å². The lowest BCUT2D eigenvalue weighted by Gasteiger charge is -2.44. The molecule has 1 aliphatic carbocycles. The van der Waals surface area contributed by atoms with Gasteiger partial charge in [0.25, 0.3) is 5.69 Å². The highest BCUT2D eigenvalue weighted by molar-refractivity contribution is 5.60. The molecule has 1 aromatic carbocycles. The Hall–Kier alpha value is -1.58. The normalized spacial score (nSPS) is 23.4. The molecule has 0 aromatic heterocycles. The predicted molar refractivity (Wildman–Crippen MR) is 80.2 cm³/mol. The molecule has 4 nitrogen and oxygen atoms in total. The fourth-order valence-electron chi connectivity index (χ4n) is 3.79. The summed E-state index contributed by atoms with van der Waals surface area (Å²) in [5.41, 5.74) is 2.62. The number of nitro benzene ring substituents is 1. The highest BCUT2D eigenvalue weighted by Crippen LogP contribution is 2.37. The first-order valence-electron chi connectivity index (χ1n) is 7.72. The van der Waals surface area contributed by atoms with Crippen LogP contribution < -0.4 is 4.90 Å². The van der Waals surface area contributed by atoms with Crippen LogP contribution in [0.3, 0.4) is 0 Å². The van der Waals surface area contributed by atoms with Crippen LogP contribution in [0.25, 0.3) is 0 Å². The highest BCUT2D eigenvalue weighted by Gasteiger charge is 2.30. The maximum atomic E-state index is 10.9. The lowest BCUT2D eigenvalue weighted by atomic mass is 9.88. The van der Waals surface area contributed by atoms with Gasteiger partial charge in [-0.15, -0.1) is 0 Å². The molecule has 0 N–H and O–H groups in total. The second-order valence-corrected chi connectivity index (χ2v) is 6.16. The highest BCUT2D eigenvalue weighted by atomic mass is 16.6. The van der Waals surface area contributed by atoms with Gasteiger partial charge in [0.15, 0.2) is 0 Å². The van der Waals surface area contributed by atoms with Gasteiger partial charge in [0.05, 0.1) is 4.92 Å². The summed E-state index contributed by atoms with van der Waals surface area (Å²) in [5, 5.41) is 10.9. The predicted octanol–water partition coefficient (Wildman–Crippen LogP) is 4.07. The molecule has 1 aliphatic heterocycles. The van der Waals surface area contributed by atoms with Crippen LogP contribution in [0.5, 0.6) is 0 Å². The number of hydrogen-bond donors (Lipinski definition) is 0. The standard InChI is InChI=1S/C16H22N2O2/c1-12-7-8-13-11-15(18(19)20)9-10-16(13)17(12)14-5-3-2-4-6-14/h9-12,14H,2-8H2,1H3/t12-/m1/s1. The number of nitro groups is 1. The van der Waals surface area contributed by atoms with Crippen molar-refractivity contribution in [3.63, 3.8) is 0 Å². The smallest absolute Gasteiger partial charge is 0.269 e. The maximum absolute atomic E-state index is 10.9. The molecule has 108 valence electrons. The van der Waals surface area contributed by atoms with Crippen molar-refractivity contribution in [2.75, 3.05) is 4.90 Å². The molecule has 1 atom stereocenters. The molecule has 3 rings (SSSR count). The van der Waals surface area contributed by atoms with E-state index in [9.17, 15) is 10.1 Å². The van der Waals surface area contributed by atoms with E-state index in [-0.39, 0.29) is 10.6 Å². The van der Waals surface area contributed by atoms with E-state index in [1.54, 1.807) is 12.1 Å². The van der Waals surface area contributed by atoms with Gasteiger partial charge < -0.3 is 4.90 Å². The van der Waals surface area contributed by atoms with Crippen LogP contribution in [0.4, 0.5) is 11.4 Å². The van der Waals surface area contributed by atoms with E-state index >= 15 is 0 Å². The summed E-state index contributed by atoms with van der Waals surface area (Å²) in [5.74, 6) is 0. The van der Waals surface area contributed by atoms with Crippen LogP contribution in [-0.4, -0.2) is 17.0 Å². The molecule has 1 heterocycles. The summed E-state index contributed by atoms with van der Waals surface area (Å²) in [6.45, 7) is 2.29. The Bertz CT molecular complexity index is 509. The molecule has 1 saturated carbocycles. The third-order valence-corrected chi connectivity index (χ3v) is 4.83. The van der Waals surface area contributed by atoms with Gasteiger partial charge in [-0.2, -0.15) is 0 Å². The minimum atomic E-state index is -0.288. The average molecular weight is 274 g/mol. The van der Waals surface area contributed by atoms with Crippen molar-refractivity contribution in [2.45, 2.75) is 64.0 Å². The molecular weight excluding hydrogens is 252 g/mol. The van der Waals surface area contributed by atoms with Gasteiger partial charge in [-0.05, 0) is 44.2 Å². The van der Waals surface area contributed by atoms with E-state index in [2.05, 4.69) is 11.8 Å².